The minimum atomic E-state index is -2.60. The Balaban J connectivity index is -0.00000264. The van der Waals surface area contributed by atoms with Crippen molar-refractivity contribution in [2.24, 2.45) is 0 Å². The van der Waals surface area contributed by atoms with Crippen LogP contribution in [0.1, 0.15) is 118 Å². The van der Waals surface area contributed by atoms with Gasteiger partial charge >= 0.3 is 0 Å². The van der Waals surface area contributed by atoms with E-state index in [0.717, 1.165) is 12.8 Å². The van der Waals surface area contributed by atoms with Gasteiger partial charge in [0.1, 0.15) is 5.78 Å². The smallest absolute Gasteiger partial charge is 0.183 e. The summed E-state index contributed by atoms with van der Waals surface area (Å²) in [4.78, 5) is 21.0. The zero-order valence-corrected chi connectivity index (χ0v) is 17.6. The number of hydrogen-bond acceptors (Lipinski definition) is 3. The number of carbonyl (C=O) groups is 1. The molecule has 0 amide bonds. The van der Waals surface area contributed by atoms with E-state index in [1.807, 2.05) is 0 Å². The lowest BCUT2D eigenvalue weighted by molar-refractivity contribution is -0.119. The Kier molecular flexibility index (Phi) is 25.6. The maximum atomic E-state index is 11.6. The average Bonchev–Trinajstić information content (AvgIpc) is 2.50. The van der Waals surface area contributed by atoms with Gasteiger partial charge in [0.15, 0.2) is 6.49 Å². The van der Waals surface area contributed by atoms with E-state index in [0.29, 0.717) is 12.8 Å². The van der Waals surface area contributed by atoms with Gasteiger partial charge in [0.2, 0.25) is 0 Å². The van der Waals surface area contributed by atoms with Crippen LogP contribution in [0.4, 0.5) is 0 Å². The lowest BCUT2D eigenvalue weighted by atomic mass is 10.0. The predicted octanol–water partition coefficient (Wildman–Crippen LogP) is 7.65. The first-order chi connectivity index (χ1) is 11.5. The Morgan fingerprint density at radius 2 is 1.19 bits per heavy atom. The van der Waals surface area contributed by atoms with Gasteiger partial charge in [-0.25, -0.2) is 0 Å². The molecule has 0 aliphatic rings. The summed E-state index contributed by atoms with van der Waals surface area (Å²) in [6.45, 7) is 1.44. The van der Waals surface area contributed by atoms with Gasteiger partial charge in [-0.15, -0.1) is 0 Å². The summed E-state index contributed by atoms with van der Waals surface area (Å²) in [5.74, 6) is 0.224. The Bertz CT molecular complexity index is 342. The highest BCUT2D eigenvalue weighted by Crippen LogP contribution is 2.36. The molecular weight excluding hydrogens is 363 g/mol. The molecule has 0 aromatic carbocycles. The van der Waals surface area contributed by atoms with Gasteiger partial charge in [0.25, 0.3) is 0 Å². The SMILES string of the molecule is C.C.CCCCCCCCCCCCCCCC(=O)CCOP(C)(O)=S. The monoisotopic (exact) mass is 410 g/mol. The van der Waals surface area contributed by atoms with Gasteiger partial charge in [-0.3, -0.25) is 4.79 Å². The van der Waals surface area contributed by atoms with E-state index in [2.05, 4.69) is 6.92 Å². The second-order valence-corrected chi connectivity index (χ2v) is 10.8. The summed E-state index contributed by atoms with van der Waals surface area (Å²) in [7, 11) is 0. The first kappa shape index (κ1) is 31.0. The molecule has 0 aliphatic heterocycles. The Morgan fingerprint density at radius 1 is 0.808 bits per heavy atom. The van der Waals surface area contributed by atoms with Crippen molar-refractivity contribution < 1.29 is 14.2 Å². The first-order valence-corrected chi connectivity index (χ1v) is 13.0. The summed E-state index contributed by atoms with van der Waals surface area (Å²) < 4.78 is 5.08. The highest BCUT2D eigenvalue weighted by atomic mass is 32.5. The molecule has 0 heterocycles. The third-order valence-corrected chi connectivity index (χ3v) is 5.25. The van der Waals surface area contributed by atoms with Crippen molar-refractivity contribution in [2.45, 2.75) is 118 Å². The number of rotatable bonds is 18. The van der Waals surface area contributed by atoms with Gasteiger partial charge in [-0.05, 0) is 18.2 Å². The van der Waals surface area contributed by atoms with Crippen molar-refractivity contribution in [1.82, 2.24) is 0 Å². The fourth-order valence-electron chi connectivity index (χ4n) is 2.79. The highest BCUT2D eigenvalue weighted by molar-refractivity contribution is 8.09. The Morgan fingerprint density at radius 3 is 1.58 bits per heavy atom. The molecule has 3 nitrogen and oxygen atoms in total. The predicted molar refractivity (Wildman–Crippen MR) is 122 cm³/mol. The molecule has 0 bridgehead atoms. The molecule has 1 atom stereocenters. The van der Waals surface area contributed by atoms with Crippen molar-refractivity contribution in [1.29, 1.82) is 0 Å². The maximum absolute atomic E-state index is 11.6. The number of unbranched alkanes of at least 4 members (excludes halogenated alkanes) is 12. The second kappa shape index (κ2) is 21.5. The van der Waals surface area contributed by atoms with Gasteiger partial charge in [0, 0.05) is 19.5 Å². The van der Waals surface area contributed by atoms with Crippen LogP contribution in [0.15, 0.2) is 0 Å². The van der Waals surface area contributed by atoms with E-state index in [9.17, 15) is 9.69 Å². The molecule has 1 N–H and O–H groups in total. The van der Waals surface area contributed by atoms with Crippen LogP contribution in [0.25, 0.3) is 0 Å². The fourth-order valence-corrected chi connectivity index (χ4v) is 3.45. The van der Waals surface area contributed by atoms with Crippen LogP contribution in [-0.4, -0.2) is 23.9 Å². The normalized spacial score (nSPS) is 12.7. The van der Waals surface area contributed by atoms with Crippen LogP contribution in [0.5, 0.6) is 0 Å². The molecule has 0 aliphatic carbocycles. The third-order valence-electron chi connectivity index (χ3n) is 4.27. The average molecular weight is 411 g/mol. The molecule has 26 heavy (non-hydrogen) atoms. The minimum absolute atomic E-state index is 0. The molecule has 1 unspecified atom stereocenters. The third kappa shape index (κ3) is 26.5. The zero-order valence-electron chi connectivity index (χ0n) is 15.9. The lowest BCUT2D eigenvalue weighted by Crippen LogP contribution is -2.03. The standard InChI is InChI=1S/C19H39O3PS.2CH4/c1-3-4-5-6-7-8-9-10-11-12-13-14-15-16-19(20)17-18-22-23(2,21)24;;/h3-18H2,1-2H3,(H,21,24);2*1H4. The van der Waals surface area contributed by atoms with E-state index in [-0.39, 0.29) is 27.2 Å². The molecule has 0 aromatic heterocycles. The summed E-state index contributed by atoms with van der Waals surface area (Å²) in [5.41, 5.74) is 0. The number of ketones is 1. The molecule has 5 heteroatoms. The minimum Gasteiger partial charge on any atom is -0.345 e. The van der Waals surface area contributed by atoms with Crippen LogP contribution in [-0.2, 0) is 21.1 Å². The largest absolute Gasteiger partial charge is 0.345 e. The second-order valence-electron chi connectivity index (χ2n) is 6.92. The van der Waals surface area contributed by atoms with E-state index in [1.54, 1.807) is 0 Å². The zero-order chi connectivity index (χ0) is 18.1. The van der Waals surface area contributed by atoms with Crippen molar-refractivity contribution in [3.05, 3.63) is 0 Å². The summed E-state index contributed by atoms with van der Waals surface area (Å²) >= 11 is 4.77. The fraction of sp³-hybridized carbons (Fsp3) is 0.952. The van der Waals surface area contributed by atoms with Gasteiger partial charge in [-0.1, -0.05) is 98.8 Å². The molecule has 0 spiro atoms. The van der Waals surface area contributed by atoms with Crippen LogP contribution >= 0.6 is 6.49 Å². The number of carbonyl (C=O) groups excluding carboxylic acids is 1. The summed E-state index contributed by atoms with van der Waals surface area (Å²) in [6, 6.07) is 0. The van der Waals surface area contributed by atoms with Crippen molar-refractivity contribution in [3.8, 4) is 0 Å². The van der Waals surface area contributed by atoms with Crippen LogP contribution in [0.3, 0.4) is 0 Å². The summed E-state index contributed by atoms with van der Waals surface area (Å²) in [5, 5.41) is 0. The van der Waals surface area contributed by atoms with Crippen molar-refractivity contribution >= 4 is 24.1 Å². The van der Waals surface area contributed by atoms with Crippen molar-refractivity contribution in [2.75, 3.05) is 13.3 Å². The molecule has 0 rings (SSSR count). The summed E-state index contributed by atoms with van der Waals surface area (Å²) in [6.07, 6.45) is 18.2. The topological polar surface area (TPSA) is 46.5 Å². The van der Waals surface area contributed by atoms with Crippen molar-refractivity contribution in [3.63, 3.8) is 0 Å². The van der Waals surface area contributed by atoms with Gasteiger partial charge in [-0.2, -0.15) is 0 Å². The van der Waals surface area contributed by atoms with E-state index >= 15 is 0 Å². The Labute approximate surface area is 169 Å². The molecule has 160 valence electrons. The number of hydrogen-bond donors (Lipinski definition) is 1. The van der Waals surface area contributed by atoms with Crippen LogP contribution in [0, 0.1) is 0 Å². The molecule has 0 radical (unpaired) electrons. The van der Waals surface area contributed by atoms with E-state index in [1.165, 1.54) is 77.3 Å². The molecule has 0 saturated heterocycles. The van der Waals surface area contributed by atoms with Crippen LogP contribution < -0.4 is 0 Å². The lowest BCUT2D eigenvalue weighted by Gasteiger charge is -2.09. The quantitative estimate of drug-likeness (QED) is 0.186. The Hall–Kier alpha value is 0.240. The molecule has 0 aromatic rings. The van der Waals surface area contributed by atoms with Gasteiger partial charge in [0.05, 0.1) is 6.61 Å². The maximum Gasteiger partial charge on any atom is 0.183 e. The molecule has 0 fully saturated rings. The van der Waals surface area contributed by atoms with Gasteiger partial charge < -0.3 is 9.42 Å². The molecular formula is C21H47O3PS. The number of Topliss-reactive ketones (excluding diaryl/α,β-unsaturated/α-hetero) is 1. The highest BCUT2D eigenvalue weighted by Gasteiger charge is 2.07. The van der Waals surface area contributed by atoms with Crippen LogP contribution in [0.2, 0.25) is 0 Å². The van der Waals surface area contributed by atoms with E-state index < -0.39 is 6.49 Å². The molecule has 0 saturated carbocycles. The first-order valence-electron chi connectivity index (χ1n) is 9.92. The van der Waals surface area contributed by atoms with E-state index in [4.69, 9.17) is 16.3 Å².